The van der Waals surface area contributed by atoms with Crippen molar-refractivity contribution in [2.75, 3.05) is 20.3 Å². The highest BCUT2D eigenvalue weighted by molar-refractivity contribution is 6.32. The number of carboxylic acid groups (broad SMARTS) is 1. The highest BCUT2D eigenvalue weighted by atomic mass is 35.5. The first kappa shape index (κ1) is 85.8. The number of hydrogen-bond donors (Lipinski definition) is 16. The number of amides is 5. The number of ether oxygens (including phenoxy) is 8. The van der Waals surface area contributed by atoms with Crippen LogP contribution in [0.15, 0.2) is 109 Å². The smallest absolute Gasteiger partial charge is 0.336 e. The summed E-state index contributed by atoms with van der Waals surface area (Å²) in [7, 11) is 1.17. The predicted octanol–water partition coefficient (Wildman–Crippen LogP) is 4.91. The lowest BCUT2D eigenvalue weighted by Crippen LogP contribution is -2.66. The van der Waals surface area contributed by atoms with Crippen molar-refractivity contribution in [3.8, 4) is 57.1 Å². The number of aliphatic hydroxyl groups excluding tert-OH is 6. The van der Waals surface area contributed by atoms with Crippen molar-refractivity contribution < 1.29 is 132 Å². The van der Waals surface area contributed by atoms with E-state index in [4.69, 9.17) is 66.8 Å². The summed E-state index contributed by atoms with van der Waals surface area (Å²) in [6, 6.07) is 14.4. The summed E-state index contributed by atoms with van der Waals surface area (Å²) in [5.41, 5.74) is 2.60. The maximum atomic E-state index is 16.3. The maximum Gasteiger partial charge on any atom is 0.336 e. The number of nitrogens with two attached hydrogens (primary N) is 1. The molecule has 13 rings (SSSR count). The minimum Gasteiger partial charge on any atom is -0.508 e. The molecule has 7 heterocycles. The van der Waals surface area contributed by atoms with Gasteiger partial charge in [-0.2, -0.15) is 0 Å². The van der Waals surface area contributed by atoms with Crippen LogP contribution in [-0.4, -0.2) is 197 Å². The van der Waals surface area contributed by atoms with Gasteiger partial charge in [-0.05, 0) is 115 Å². The summed E-state index contributed by atoms with van der Waals surface area (Å²) in [6.45, 7) is 7.30. The van der Waals surface area contributed by atoms with E-state index in [9.17, 15) is 75.0 Å². The number of aliphatic carboxylic acids is 1. The van der Waals surface area contributed by atoms with Crippen LogP contribution < -0.4 is 46.5 Å². The molecule has 7 aliphatic rings. The summed E-state index contributed by atoms with van der Waals surface area (Å²) < 4.78 is 50.5. The van der Waals surface area contributed by atoms with Gasteiger partial charge in [-0.3, -0.25) is 33.6 Å². The van der Waals surface area contributed by atoms with Crippen LogP contribution >= 0.6 is 23.2 Å². The highest BCUT2D eigenvalue weighted by Gasteiger charge is 2.53. The van der Waals surface area contributed by atoms with Crippen molar-refractivity contribution >= 4 is 76.2 Å². The molecular weight excluding hydrogens is 1550 g/mol. The summed E-state index contributed by atoms with van der Waals surface area (Å²) in [4.78, 5) is 132. The number of primary amides is 1. The van der Waals surface area contributed by atoms with Gasteiger partial charge in [0, 0.05) is 66.4 Å². The van der Waals surface area contributed by atoms with Crippen molar-refractivity contribution in [1.29, 1.82) is 0 Å². The molecule has 6 aromatic carbocycles. The third-order valence-electron chi connectivity index (χ3n) is 21.0. The molecule has 0 radical (unpaired) electrons. The van der Waals surface area contributed by atoms with E-state index in [-0.39, 0.29) is 59.4 Å². The van der Waals surface area contributed by atoms with Crippen molar-refractivity contribution in [3.05, 3.63) is 153 Å². The Morgan fingerprint density at radius 2 is 1.38 bits per heavy atom. The Morgan fingerprint density at radius 1 is 0.730 bits per heavy atom. The molecule has 11 bridgehead atoms. The van der Waals surface area contributed by atoms with Crippen LogP contribution in [0.3, 0.4) is 0 Å². The van der Waals surface area contributed by atoms with Gasteiger partial charge in [0.1, 0.15) is 77.4 Å². The molecule has 0 aliphatic carbocycles. The second kappa shape index (κ2) is 36.4. The van der Waals surface area contributed by atoms with Crippen molar-refractivity contribution in [2.45, 2.75) is 183 Å². The standard InChI is InChI=1S/C80H90Cl2N6O27/c1-7-37(19-34(2)3)73(101)87-64-51(93)23-42(26-59(83)95)74(102)85-62-41-24-55(111-53-17-14-39(66(64)96)21-47(53)81)70(115-79-71(69(99)68(98)58(32-89)113-79)114-60-30-80(5,72(100)35(4)110-60)84-31-57(78(107)108-6)109-33-36-11-9-8-10-12-36)56(25-41)112-54-18-15-40(22-48(54)82)67(97)65-76(104)86-63(77(105)106)46-27-43(90)28-50(92)61(46)45-20-38(13-16-49(45)91)44(29-52(62)94)75(103)88-65/h8-18,20-22,24-25,27-28,34-35,37,42,44,57-58,60,62-69,71-72,79,84,89-92,96-100H,7,19,23,26,29-33H2,1-6H3,(H2,83,95)(H,85,102)(H,86,104)(H,87,101)(H,88,103)(H,105,106)/t35?,37-,42+,44?,57?,58?,60?,62-,63-,64?,65+,66-,67-,68?,69?,71?,72?,79?,80?/m1/s1. The zero-order chi connectivity index (χ0) is 83.3. The molecule has 0 spiro atoms. The largest absolute Gasteiger partial charge is 0.508 e. The van der Waals surface area contributed by atoms with Gasteiger partial charge in [-0.15, -0.1) is 0 Å². The monoisotopic (exact) mass is 1640 g/mol. The number of fused-ring (bicyclic) bond motifs is 15. The van der Waals surface area contributed by atoms with Crippen LogP contribution in [0.2, 0.25) is 10.0 Å². The van der Waals surface area contributed by atoms with Crippen LogP contribution in [0.4, 0.5) is 0 Å². The van der Waals surface area contributed by atoms with Gasteiger partial charge in [0.25, 0.3) is 0 Å². The predicted molar refractivity (Wildman–Crippen MR) is 404 cm³/mol. The number of rotatable bonds is 20. The number of methoxy groups -OCH3 is 1. The Bertz CT molecular complexity index is 4670. The number of hydrogen-bond acceptors (Lipinski definition) is 27. The van der Waals surface area contributed by atoms with Crippen LogP contribution in [0, 0.1) is 17.8 Å². The Labute approximate surface area is 668 Å². The van der Waals surface area contributed by atoms with Crippen molar-refractivity contribution in [2.24, 2.45) is 23.5 Å². The number of ketones is 2. The van der Waals surface area contributed by atoms with E-state index in [1.54, 1.807) is 44.2 Å². The molecule has 35 heteroatoms. The second-order valence-electron chi connectivity index (χ2n) is 29.7. The number of carbonyl (C=O) groups is 9. The van der Waals surface area contributed by atoms with Crippen molar-refractivity contribution in [3.63, 3.8) is 0 Å². The normalized spacial score (nSPS) is 27.6. The molecule has 12 unspecified atom stereocenters. The molecule has 616 valence electrons. The molecule has 17 N–H and O–H groups in total. The number of phenols is 3. The summed E-state index contributed by atoms with van der Waals surface area (Å²) in [5, 5.41) is 129. The first-order chi connectivity index (χ1) is 54.6. The van der Waals surface area contributed by atoms with Crippen LogP contribution in [0.1, 0.15) is 137 Å². The first-order valence-corrected chi connectivity index (χ1v) is 37.8. The number of phenolic OH excluding ortho intramolecular Hbond substituents is 3. The topological polar surface area (TPSA) is 516 Å². The number of benzene rings is 6. The quantitative estimate of drug-likeness (QED) is 0.0451. The lowest BCUT2D eigenvalue weighted by atomic mass is 9.84. The van der Waals surface area contributed by atoms with E-state index >= 15 is 19.2 Å². The van der Waals surface area contributed by atoms with Crippen LogP contribution in [0.5, 0.6) is 46.0 Å². The summed E-state index contributed by atoms with van der Waals surface area (Å²) >= 11 is 14.3. The SMILES string of the molecule is CC[C@H](CC(C)C)C(=O)NC1C(=O)C[C@@H](CC(N)=O)C(=O)N[C@H]2C(=O)CC3C(=O)N[C@H](C(=O)N[C@@H](C(=O)O)c4cc(O)cc(O)c4-c4cc3ccc4O)[C@H](O)c3ccc(c(Cl)c3)Oc3cc2cc(c3OC2OC(CO)C(O)C(O)C2OC2CC(C)(NCC(OCc3ccccc3)C(=O)OC)C(O)C(C)O2)Oc2ccc(cc2Cl)[C@H]1O. The fraction of sp³-hybridized carbons (Fsp3) is 0.438. The number of aliphatic hydroxyl groups is 6. The molecule has 115 heavy (non-hydrogen) atoms. The molecule has 7 aliphatic heterocycles. The number of carboxylic acids is 1. The van der Waals surface area contributed by atoms with Gasteiger partial charge in [0.2, 0.25) is 41.6 Å². The second-order valence-corrected chi connectivity index (χ2v) is 30.5. The Balaban J connectivity index is 1.11. The maximum absolute atomic E-state index is 16.3. The Kier molecular flexibility index (Phi) is 27.1. The summed E-state index contributed by atoms with van der Waals surface area (Å²) in [5.74, 6) is -20.1. The molecule has 2 saturated heterocycles. The molecule has 33 nitrogen and oxygen atoms in total. The first-order valence-electron chi connectivity index (χ1n) is 37.0. The highest BCUT2D eigenvalue weighted by Crippen LogP contribution is 2.51. The lowest BCUT2D eigenvalue weighted by Gasteiger charge is -2.48. The van der Waals surface area contributed by atoms with E-state index in [2.05, 4.69) is 26.6 Å². The average molecular weight is 1640 g/mol. The Morgan fingerprint density at radius 3 is 1.99 bits per heavy atom. The zero-order valence-corrected chi connectivity index (χ0v) is 64.5. The molecule has 19 atom stereocenters. The number of nitrogens with one attached hydrogen (secondary N) is 5. The fourth-order valence-corrected chi connectivity index (χ4v) is 15.3. The van der Waals surface area contributed by atoms with Gasteiger partial charge < -0.3 is 121 Å². The van der Waals surface area contributed by atoms with E-state index < -0.39 is 261 Å². The summed E-state index contributed by atoms with van der Waals surface area (Å²) in [6.07, 6.45) is -22.0. The molecule has 0 saturated carbocycles. The molecular formula is C80H90Cl2N6O27. The molecule has 6 aromatic rings. The number of esters is 1. The number of aromatic hydroxyl groups is 3. The van der Waals surface area contributed by atoms with Crippen LogP contribution in [-0.2, 0) is 73.4 Å². The Hall–Kier alpha value is -10.1. The van der Waals surface area contributed by atoms with E-state index in [0.29, 0.717) is 6.42 Å². The lowest BCUT2D eigenvalue weighted by molar-refractivity contribution is -0.334. The van der Waals surface area contributed by atoms with E-state index in [0.717, 1.165) is 66.2 Å². The number of halogens is 2. The minimum atomic E-state index is -2.27. The third kappa shape index (κ3) is 19.2. The van der Waals surface area contributed by atoms with Gasteiger partial charge in [0.15, 0.2) is 47.6 Å². The van der Waals surface area contributed by atoms with Crippen LogP contribution in [0.25, 0.3) is 11.1 Å². The number of Topliss-reactive ketones (excluding diaryl/α,β-unsaturated/α-hetero) is 2. The van der Waals surface area contributed by atoms with Gasteiger partial charge >= 0.3 is 11.9 Å². The average Bonchev–Trinajstić information content (AvgIpc) is 0.767. The zero-order valence-electron chi connectivity index (χ0n) is 63.0. The van der Waals surface area contributed by atoms with Gasteiger partial charge in [-0.1, -0.05) is 92.5 Å². The van der Waals surface area contributed by atoms with Gasteiger partial charge in [-0.25, -0.2) is 9.59 Å². The third-order valence-corrected chi connectivity index (χ3v) is 21.6. The van der Waals surface area contributed by atoms with Crippen molar-refractivity contribution in [1.82, 2.24) is 26.6 Å². The van der Waals surface area contributed by atoms with E-state index in [1.165, 1.54) is 32.2 Å². The van der Waals surface area contributed by atoms with E-state index in [1.807, 2.05) is 13.8 Å². The van der Waals surface area contributed by atoms with Gasteiger partial charge in [0.05, 0.1) is 54.4 Å². The fourth-order valence-electron chi connectivity index (χ4n) is 14.8. The molecule has 2 fully saturated rings. The molecule has 5 amide bonds. The number of carbonyl (C=O) groups excluding carboxylic acids is 8. The minimum absolute atomic E-state index is 0.0129. The molecule has 0 aromatic heterocycles.